The van der Waals surface area contributed by atoms with Gasteiger partial charge in [-0.3, -0.25) is 9.53 Å². The molecule has 1 amide bonds. The number of rotatable bonds is 2. The summed E-state index contributed by atoms with van der Waals surface area (Å²) in [5.41, 5.74) is 0. The molecule has 23 heavy (non-hydrogen) atoms. The van der Waals surface area contributed by atoms with E-state index in [1.165, 1.54) is 11.8 Å². The number of amides is 1. The van der Waals surface area contributed by atoms with Crippen molar-refractivity contribution in [2.75, 3.05) is 24.6 Å². The molecule has 2 heterocycles. The van der Waals surface area contributed by atoms with Crippen LogP contribution in [0.15, 0.2) is 0 Å². The smallest absolute Gasteiger partial charge is 0.336 e. The van der Waals surface area contributed by atoms with E-state index in [2.05, 4.69) is 4.74 Å². The number of hydrogen-bond acceptors (Lipinski definition) is 3. The van der Waals surface area contributed by atoms with Crippen LogP contribution in [0.25, 0.3) is 0 Å². The number of carbonyl (C=O) groups is 1. The first-order valence-corrected chi connectivity index (χ1v) is 7.15. The van der Waals surface area contributed by atoms with Crippen LogP contribution in [0.3, 0.4) is 0 Å². The second-order valence-corrected chi connectivity index (χ2v) is 6.07. The van der Waals surface area contributed by atoms with E-state index >= 15 is 0 Å². The lowest BCUT2D eigenvalue weighted by molar-refractivity contribution is -0.368. The molecule has 13 heteroatoms. The van der Waals surface area contributed by atoms with E-state index in [0.29, 0.717) is 0 Å². The molecule has 0 aromatic heterocycles. The van der Waals surface area contributed by atoms with Crippen LogP contribution >= 0.6 is 11.8 Å². The van der Waals surface area contributed by atoms with Crippen molar-refractivity contribution in [3.05, 3.63) is 0 Å². The highest BCUT2D eigenvalue weighted by Crippen LogP contribution is 2.64. The number of carbonyl (C=O) groups excluding carboxylic acids is 1. The Bertz CT molecular complexity index is 509. The van der Waals surface area contributed by atoms with Gasteiger partial charge in [-0.2, -0.15) is 51.3 Å². The molecular weight excluding hydrogens is 369 g/mol. The zero-order chi connectivity index (χ0) is 17.9. The quantitative estimate of drug-likeness (QED) is 0.694. The topological polar surface area (TPSA) is 29.5 Å². The molecular formula is C10H8F9NO2S. The molecule has 0 spiro atoms. The molecule has 0 unspecified atom stereocenters. The lowest BCUT2D eigenvalue weighted by atomic mass is 9.99. The highest BCUT2D eigenvalue weighted by molar-refractivity contribution is 7.99. The highest BCUT2D eigenvalue weighted by Gasteiger charge is 2.96. The molecule has 0 aliphatic carbocycles. The average molecular weight is 377 g/mol. The van der Waals surface area contributed by atoms with Gasteiger partial charge in [-0.1, -0.05) is 0 Å². The predicted molar refractivity (Wildman–Crippen MR) is 58.6 cm³/mol. The summed E-state index contributed by atoms with van der Waals surface area (Å²) in [4.78, 5) is 11.8. The van der Waals surface area contributed by atoms with Crippen molar-refractivity contribution in [3.8, 4) is 0 Å². The molecule has 0 N–H and O–H groups in total. The number of hydrogen-bond donors (Lipinski definition) is 0. The van der Waals surface area contributed by atoms with Gasteiger partial charge in [-0.15, -0.1) is 0 Å². The SMILES string of the molecule is O=C(N1CCSCC1)C(F)(F)[C@@]1(F)OC(F)(F)C(F)(F)C1(F)F. The zero-order valence-electron chi connectivity index (χ0n) is 10.9. The second-order valence-electron chi connectivity index (χ2n) is 4.84. The number of ether oxygens (including phenoxy) is 1. The van der Waals surface area contributed by atoms with Crippen molar-refractivity contribution in [1.29, 1.82) is 0 Å². The Hall–Kier alpha value is -0.850. The minimum atomic E-state index is -6.63. The predicted octanol–water partition coefficient (Wildman–Crippen LogP) is 2.76. The normalized spacial score (nSPS) is 32.8. The summed E-state index contributed by atoms with van der Waals surface area (Å²) < 4.78 is 122. The van der Waals surface area contributed by atoms with Crippen molar-refractivity contribution in [1.82, 2.24) is 4.90 Å². The first-order chi connectivity index (χ1) is 10.2. The number of nitrogens with zero attached hydrogens (tertiary/aromatic N) is 1. The third kappa shape index (κ3) is 2.22. The minimum Gasteiger partial charge on any atom is -0.336 e. The van der Waals surface area contributed by atoms with Crippen LogP contribution in [-0.4, -0.2) is 65.1 Å². The maximum Gasteiger partial charge on any atom is 0.428 e. The Morgan fingerprint density at radius 2 is 1.43 bits per heavy atom. The summed E-state index contributed by atoms with van der Waals surface area (Å²) in [6.07, 6.45) is -6.22. The Labute approximate surface area is 127 Å². The number of halogens is 9. The number of alkyl halides is 9. The van der Waals surface area contributed by atoms with Crippen LogP contribution < -0.4 is 0 Å². The van der Waals surface area contributed by atoms with Crippen LogP contribution in [0.4, 0.5) is 39.5 Å². The summed E-state index contributed by atoms with van der Waals surface area (Å²) >= 11 is 1.21. The van der Waals surface area contributed by atoms with E-state index in [9.17, 15) is 44.3 Å². The molecule has 0 aromatic rings. The van der Waals surface area contributed by atoms with E-state index in [1.54, 1.807) is 0 Å². The van der Waals surface area contributed by atoms with E-state index < -0.39 is 48.7 Å². The molecule has 2 aliphatic rings. The van der Waals surface area contributed by atoms with Gasteiger partial charge in [0.2, 0.25) is 0 Å². The highest BCUT2D eigenvalue weighted by atomic mass is 32.2. The molecule has 2 aliphatic heterocycles. The fraction of sp³-hybridized carbons (Fsp3) is 0.900. The van der Waals surface area contributed by atoms with Gasteiger partial charge in [0.05, 0.1) is 0 Å². The number of thioether (sulfide) groups is 1. The van der Waals surface area contributed by atoms with Gasteiger partial charge in [0.1, 0.15) is 0 Å². The summed E-state index contributed by atoms with van der Waals surface area (Å²) in [5, 5.41) is 0. The van der Waals surface area contributed by atoms with Gasteiger partial charge >= 0.3 is 29.7 Å². The van der Waals surface area contributed by atoms with Gasteiger partial charge in [0.25, 0.3) is 5.91 Å². The first kappa shape index (κ1) is 18.5. The largest absolute Gasteiger partial charge is 0.428 e. The van der Waals surface area contributed by atoms with Crippen LogP contribution in [0.2, 0.25) is 0 Å². The lowest BCUT2D eigenvalue weighted by Crippen LogP contribution is -2.65. The fourth-order valence-electron chi connectivity index (χ4n) is 2.05. The zero-order valence-corrected chi connectivity index (χ0v) is 11.7. The average Bonchev–Trinajstić information content (AvgIpc) is 2.55. The first-order valence-electron chi connectivity index (χ1n) is 6.00. The maximum atomic E-state index is 13.9. The van der Waals surface area contributed by atoms with E-state index in [-0.39, 0.29) is 16.4 Å². The summed E-state index contributed by atoms with van der Waals surface area (Å²) in [7, 11) is 0. The van der Waals surface area contributed by atoms with Gasteiger partial charge in [0.15, 0.2) is 0 Å². The van der Waals surface area contributed by atoms with Crippen LogP contribution in [0.5, 0.6) is 0 Å². The summed E-state index contributed by atoms with van der Waals surface area (Å²) in [6, 6.07) is 0. The molecule has 2 fully saturated rings. The Kier molecular flexibility index (Phi) is 4.08. The maximum absolute atomic E-state index is 13.9. The summed E-state index contributed by atoms with van der Waals surface area (Å²) in [5.74, 6) is -27.7. The van der Waals surface area contributed by atoms with Crippen molar-refractivity contribution in [2.24, 2.45) is 0 Å². The van der Waals surface area contributed by atoms with Crippen LogP contribution in [0, 0.1) is 0 Å². The molecule has 0 bridgehead atoms. The Balaban J connectivity index is 2.43. The standard InChI is InChI=1S/C10H8F9NO2S/c11-6(12,5(21)20-1-3-23-4-2-20)9(17)7(13,14)8(15,16)10(18,19)22-9/h1-4H2/t9-/m1/s1. The van der Waals surface area contributed by atoms with Gasteiger partial charge in [-0.05, 0) is 0 Å². The third-order valence-corrected chi connectivity index (χ3v) is 4.35. The van der Waals surface area contributed by atoms with Crippen molar-refractivity contribution in [2.45, 2.75) is 29.7 Å². The fourth-order valence-corrected chi connectivity index (χ4v) is 2.96. The van der Waals surface area contributed by atoms with Gasteiger partial charge < -0.3 is 4.90 Å². The monoisotopic (exact) mass is 377 g/mol. The second kappa shape index (κ2) is 5.07. The molecule has 2 saturated heterocycles. The van der Waals surface area contributed by atoms with Gasteiger partial charge in [0, 0.05) is 24.6 Å². The Morgan fingerprint density at radius 3 is 1.83 bits per heavy atom. The van der Waals surface area contributed by atoms with Gasteiger partial charge in [-0.25, -0.2) is 0 Å². The van der Waals surface area contributed by atoms with Crippen molar-refractivity contribution < 1.29 is 49.0 Å². The minimum absolute atomic E-state index is 0.102. The summed E-state index contributed by atoms with van der Waals surface area (Å²) in [6.45, 7) is -0.818. The van der Waals surface area contributed by atoms with E-state index in [1.807, 2.05) is 0 Å². The lowest BCUT2D eigenvalue weighted by Gasteiger charge is -2.36. The molecule has 0 aromatic carbocycles. The third-order valence-electron chi connectivity index (χ3n) is 3.40. The molecule has 0 radical (unpaired) electrons. The Morgan fingerprint density at radius 1 is 0.957 bits per heavy atom. The molecule has 3 nitrogen and oxygen atoms in total. The van der Waals surface area contributed by atoms with E-state index in [4.69, 9.17) is 0 Å². The van der Waals surface area contributed by atoms with Crippen LogP contribution in [0.1, 0.15) is 0 Å². The molecule has 2 rings (SSSR count). The molecule has 134 valence electrons. The van der Waals surface area contributed by atoms with E-state index in [0.717, 1.165) is 0 Å². The molecule has 0 saturated carbocycles. The van der Waals surface area contributed by atoms with Crippen molar-refractivity contribution in [3.63, 3.8) is 0 Å². The van der Waals surface area contributed by atoms with Crippen LogP contribution in [-0.2, 0) is 9.53 Å². The molecule has 1 atom stereocenters. The van der Waals surface area contributed by atoms with Crippen molar-refractivity contribution >= 4 is 17.7 Å².